The van der Waals surface area contributed by atoms with E-state index in [-0.39, 0.29) is 0 Å². The van der Waals surface area contributed by atoms with E-state index in [1.165, 1.54) is 4.88 Å². The van der Waals surface area contributed by atoms with Crippen molar-refractivity contribution < 1.29 is 4.74 Å². The maximum atomic E-state index is 5.87. The largest absolute Gasteiger partial charge is 0.487 e. The van der Waals surface area contributed by atoms with Crippen LogP contribution in [-0.2, 0) is 13.2 Å². The van der Waals surface area contributed by atoms with E-state index in [1.54, 1.807) is 11.3 Å². The molecule has 90 valence electrons. The second-order valence-corrected chi connectivity index (χ2v) is 5.73. The highest BCUT2D eigenvalue weighted by molar-refractivity contribution is 9.10. The summed E-state index contributed by atoms with van der Waals surface area (Å²) in [5.41, 5.74) is 7.88. The third kappa shape index (κ3) is 3.09. The van der Waals surface area contributed by atoms with E-state index in [9.17, 15) is 0 Å². The van der Waals surface area contributed by atoms with Crippen molar-refractivity contribution in [2.45, 2.75) is 20.1 Å². The summed E-state index contributed by atoms with van der Waals surface area (Å²) in [5, 5.41) is 2.05. The number of aryl methyl sites for hydroxylation is 1. The molecule has 17 heavy (non-hydrogen) atoms. The van der Waals surface area contributed by atoms with Crippen molar-refractivity contribution in [3.05, 3.63) is 50.1 Å². The van der Waals surface area contributed by atoms with Crippen LogP contribution in [0.3, 0.4) is 0 Å². The van der Waals surface area contributed by atoms with Gasteiger partial charge < -0.3 is 10.5 Å². The minimum atomic E-state index is 0.486. The van der Waals surface area contributed by atoms with Crippen LogP contribution in [0.2, 0.25) is 0 Å². The zero-order valence-corrected chi connectivity index (χ0v) is 12.0. The van der Waals surface area contributed by atoms with Crippen LogP contribution in [0, 0.1) is 6.92 Å². The van der Waals surface area contributed by atoms with Gasteiger partial charge in [-0.3, -0.25) is 0 Å². The fourth-order valence-electron chi connectivity index (χ4n) is 1.70. The minimum Gasteiger partial charge on any atom is -0.487 e. The molecule has 1 heterocycles. The maximum Gasteiger partial charge on any atom is 0.127 e. The second-order valence-electron chi connectivity index (χ2n) is 3.78. The molecule has 2 N–H and O–H groups in total. The van der Waals surface area contributed by atoms with Gasteiger partial charge in [-0.1, -0.05) is 22.0 Å². The topological polar surface area (TPSA) is 35.2 Å². The lowest BCUT2D eigenvalue weighted by Crippen LogP contribution is -2.04. The van der Waals surface area contributed by atoms with Crippen molar-refractivity contribution in [1.29, 1.82) is 0 Å². The number of nitrogens with two attached hydrogens (primary N) is 1. The molecule has 0 unspecified atom stereocenters. The standard InChI is InChI=1S/C13H14BrNOS/c1-9-5-11(14)6-10(7-15)13(9)16-8-12-3-2-4-17-12/h2-6H,7-8,15H2,1H3. The first-order valence-electron chi connectivity index (χ1n) is 5.35. The van der Waals surface area contributed by atoms with Crippen molar-refractivity contribution in [2.75, 3.05) is 0 Å². The number of ether oxygens (including phenoxy) is 1. The summed E-state index contributed by atoms with van der Waals surface area (Å²) < 4.78 is 6.91. The first-order valence-corrected chi connectivity index (χ1v) is 7.02. The molecule has 0 atom stereocenters. The predicted molar refractivity (Wildman–Crippen MR) is 75.4 cm³/mol. The molecule has 0 saturated heterocycles. The van der Waals surface area contributed by atoms with Crippen molar-refractivity contribution >= 4 is 27.3 Å². The van der Waals surface area contributed by atoms with Crippen molar-refractivity contribution in [1.82, 2.24) is 0 Å². The van der Waals surface area contributed by atoms with Gasteiger partial charge in [0.2, 0.25) is 0 Å². The Morgan fingerprint density at radius 1 is 1.41 bits per heavy atom. The van der Waals surface area contributed by atoms with Gasteiger partial charge >= 0.3 is 0 Å². The molecule has 2 aromatic rings. The highest BCUT2D eigenvalue weighted by Gasteiger charge is 2.08. The molecule has 4 heteroatoms. The zero-order valence-electron chi connectivity index (χ0n) is 9.57. The molecule has 0 fully saturated rings. The van der Waals surface area contributed by atoms with Gasteiger partial charge in [0.15, 0.2) is 0 Å². The predicted octanol–water partition coefficient (Wildman–Crippen LogP) is 3.86. The summed E-state index contributed by atoms with van der Waals surface area (Å²) in [5.74, 6) is 0.907. The molecule has 0 aliphatic carbocycles. The Bertz CT molecular complexity index is 496. The third-order valence-corrected chi connectivity index (χ3v) is 3.78. The molecule has 0 aliphatic heterocycles. The van der Waals surface area contributed by atoms with Crippen LogP contribution in [0.5, 0.6) is 5.75 Å². The summed E-state index contributed by atoms with van der Waals surface area (Å²) in [6.45, 7) is 3.13. The molecule has 0 saturated carbocycles. The monoisotopic (exact) mass is 311 g/mol. The van der Waals surface area contributed by atoms with Crippen molar-refractivity contribution in [3.63, 3.8) is 0 Å². The Kier molecular flexibility index (Phi) is 4.20. The number of benzene rings is 1. The Morgan fingerprint density at radius 3 is 2.88 bits per heavy atom. The van der Waals surface area contributed by atoms with Gasteiger partial charge in [-0.05, 0) is 36.1 Å². The zero-order chi connectivity index (χ0) is 12.3. The van der Waals surface area contributed by atoms with E-state index in [0.717, 1.165) is 21.3 Å². The lowest BCUT2D eigenvalue weighted by atomic mass is 10.1. The highest BCUT2D eigenvalue weighted by atomic mass is 79.9. The number of hydrogen-bond donors (Lipinski definition) is 1. The first-order chi connectivity index (χ1) is 8.20. The molecule has 0 amide bonds. The smallest absolute Gasteiger partial charge is 0.127 e. The Balaban J connectivity index is 2.19. The minimum absolute atomic E-state index is 0.486. The fraction of sp³-hybridized carbons (Fsp3) is 0.231. The molecular formula is C13H14BrNOS. The molecule has 0 bridgehead atoms. The van der Waals surface area contributed by atoms with E-state index in [4.69, 9.17) is 10.5 Å². The van der Waals surface area contributed by atoms with Gasteiger partial charge in [0, 0.05) is 21.5 Å². The summed E-state index contributed by atoms with van der Waals surface area (Å²) >= 11 is 5.17. The van der Waals surface area contributed by atoms with Crippen LogP contribution in [0.4, 0.5) is 0 Å². The molecule has 0 radical (unpaired) electrons. The maximum absolute atomic E-state index is 5.87. The van der Waals surface area contributed by atoms with Crippen LogP contribution in [0.25, 0.3) is 0 Å². The molecule has 2 rings (SSSR count). The molecule has 2 nitrogen and oxygen atoms in total. The average Bonchev–Trinajstić information content (AvgIpc) is 2.79. The molecule has 0 spiro atoms. The van der Waals surface area contributed by atoms with E-state index in [1.807, 2.05) is 25.1 Å². The van der Waals surface area contributed by atoms with Gasteiger partial charge in [0.1, 0.15) is 12.4 Å². The SMILES string of the molecule is Cc1cc(Br)cc(CN)c1OCc1cccs1. The Morgan fingerprint density at radius 2 is 2.24 bits per heavy atom. The summed E-state index contributed by atoms with van der Waals surface area (Å²) in [4.78, 5) is 1.22. The number of halogens is 1. The van der Waals surface area contributed by atoms with E-state index in [2.05, 4.69) is 27.4 Å². The second kappa shape index (κ2) is 5.67. The summed E-state index contributed by atoms with van der Waals surface area (Å²) in [6, 6.07) is 8.16. The van der Waals surface area contributed by atoms with Crippen LogP contribution in [0.1, 0.15) is 16.0 Å². The van der Waals surface area contributed by atoms with Gasteiger partial charge in [0.05, 0.1) is 0 Å². The van der Waals surface area contributed by atoms with Gasteiger partial charge in [-0.15, -0.1) is 11.3 Å². The molecular weight excluding hydrogens is 298 g/mol. The summed E-state index contributed by atoms with van der Waals surface area (Å²) in [7, 11) is 0. The number of thiophene rings is 1. The van der Waals surface area contributed by atoms with Crippen molar-refractivity contribution in [3.8, 4) is 5.75 Å². The molecule has 1 aromatic carbocycles. The van der Waals surface area contributed by atoms with Crippen LogP contribution in [0.15, 0.2) is 34.1 Å². The van der Waals surface area contributed by atoms with E-state index >= 15 is 0 Å². The van der Waals surface area contributed by atoms with Crippen LogP contribution < -0.4 is 10.5 Å². The quantitative estimate of drug-likeness (QED) is 0.930. The number of hydrogen-bond acceptors (Lipinski definition) is 3. The average molecular weight is 312 g/mol. The van der Waals surface area contributed by atoms with Crippen molar-refractivity contribution in [2.24, 2.45) is 5.73 Å². The van der Waals surface area contributed by atoms with Crippen LogP contribution >= 0.6 is 27.3 Å². The van der Waals surface area contributed by atoms with E-state index < -0.39 is 0 Å². The van der Waals surface area contributed by atoms with Gasteiger partial charge in [-0.25, -0.2) is 0 Å². The lowest BCUT2D eigenvalue weighted by Gasteiger charge is -2.13. The Hall–Kier alpha value is -0.840. The van der Waals surface area contributed by atoms with Gasteiger partial charge in [-0.2, -0.15) is 0 Å². The van der Waals surface area contributed by atoms with Crippen LogP contribution in [-0.4, -0.2) is 0 Å². The third-order valence-electron chi connectivity index (χ3n) is 2.48. The van der Waals surface area contributed by atoms with E-state index in [0.29, 0.717) is 13.2 Å². The molecule has 0 aliphatic rings. The lowest BCUT2D eigenvalue weighted by molar-refractivity contribution is 0.304. The first kappa shape index (κ1) is 12.6. The molecule has 1 aromatic heterocycles. The van der Waals surface area contributed by atoms with Gasteiger partial charge in [0.25, 0.3) is 0 Å². The highest BCUT2D eigenvalue weighted by Crippen LogP contribution is 2.28. The normalized spacial score (nSPS) is 10.5. The Labute approximate surface area is 114 Å². The number of rotatable bonds is 4. The fourth-order valence-corrected chi connectivity index (χ4v) is 2.93. The summed E-state index contributed by atoms with van der Waals surface area (Å²) in [6.07, 6.45) is 0.